The van der Waals surface area contributed by atoms with Gasteiger partial charge in [-0.15, -0.1) is 0 Å². The van der Waals surface area contributed by atoms with E-state index in [1.54, 1.807) is 0 Å². The summed E-state index contributed by atoms with van der Waals surface area (Å²) in [4.78, 5) is 6.43. The second kappa shape index (κ2) is 5.61. The zero-order valence-corrected chi connectivity index (χ0v) is 11.4. The minimum Gasteiger partial charge on any atom is -0.443 e. The molecule has 102 valence electrons. The smallest absolute Gasteiger partial charge is 0.181 e. The molecule has 1 N–H and O–H groups in total. The number of nitrogens with one attached hydrogen (secondary N) is 1. The van der Waals surface area contributed by atoms with E-state index in [1.165, 1.54) is 44.3 Å². The van der Waals surface area contributed by atoms with E-state index < -0.39 is 0 Å². The van der Waals surface area contributed by atoms with Crippen LogP contribution in [0.2, 0.25) is 0 Å². The normalized spacial score (nSPS) is 19.7. The van der Waals surface area contributed by atoms with Crippen LogP contribution in [0.15, 0.2) is 29.0 Å². The Labute approximate surface area is 113 Å². The quantitative estimate of drug-likeness (QED) is 0.916. The van der Waals surface area contributed by atoms with Crippen LogP contribution < -0.4 is 10.2 Å². The molecule has 2 heterocycles. The van der Waals surface area contributed by atoms with Gasteiger partial charge in [-0.2, -0.15) is 0 Å². The van der Waals surface area contributed by atoms with Gasteiger partial charge in [-0.25, -0.2) is 4.98 Å². The SMILES string of the molecule is CN(CCC1CCCCN1)c1ccc2ncoc2c1. The van der Waals surface area contributed by atoms with E-state index in [2.05, 4.69) is 34.4 Å². The molecule has 1 aliphatic heterocycles. The molecule has 4 nitrogen and oxygen atoms in total. The number of hydrogen-bond donors (Lipinski definition) is 1. The van der Waals surface area contributed by atoms with Gasteiger partial charge in [0.15, 0.2) is 12.0 Å². The maximum absolute atomic E-state index is 5.35. The fourth-order valence-corrected chi connectivity index (χ4v) is 2.73. The zero-order valence-electron chi connectivity index (χ0n) is 11.4. The predicted molar refractivity (Wildman–Crippen MR) is 77.5 cm³/mol. The molecule has 0 amide bonds. The maximum Gasteiger partial charge on any atom is 0.181 e. The Morgan fingerprint density at radius 1 is 1.42 bits per heavy atom. The van der Waals surface area contributed by atoms with Gasteiger partial charge < -0.3 is 14.6 Å². The third kappa shape index (κ3) is 2.89. The topological polar surface area (TPSA) is 41.3 Å². The summed E-state index contributed by atoms with van der Waals surface area (Å²) in [6.45, 7) is 2.25. The molecule has 0 spiro atoms. The molecule has 0 saturated carbocycles. The van der Waals surface area contributed by atoms with E-state index >= 15 is 0 Å². The number of anilines is 1. The van der Waals surface area contributed by atoms with Crippen molar-refractivity contribution in [3.63, 3.8) is 0 Å². The van der Waals surface area contributed by atoms with Crippen molar-refractivity contribution < 1.29 is 4.42 Å². The number of fused-ring (bicyclic) bond motifs is 1. The summed E-state index contributed by atoms with van der Waals surface area (Å²) < 4.78 is 5.35. The lowest BCUT2D eigenvalue weighted by Gasteiger charge is -2.26. The molecule has 1 atom stereocenters. The van der Waals surface area contributed by atoms with Crippen LogP contribution >= 0.6 is 0 Å². The summed E-state index contributed by atoms with van der Waals surface area (Å²) in [6, 6.07) is 6.88. The molecule has 19 heavy (non-hydrogen) atoms. The van der Waals surface area contributed by atoms with Crippen molar-refractivity contribution in [1.82, 2.24) is 10.3 Å². The van der Waals surface area contributed by atoms with E-state index in [9.17, 15) is 0 Å². The Bertz CT molecular complexity index is 531. The van der Waals surface area contributed by atoms with E-state index in [0.29, 0.717) is 6.04 Å². The highest BCUT2D eigenvalue weighted by Crippen LogP contribution is 2.21. The summed E-state index contributed by atoms with van der Waals surface area (Å²) in [6.07, 6.45) is 6.71. The molecule has 4 heteroatoms. The summed E-state index contributed by atoms with van der Waals surface area (Å²) in [5, 5.41) is 3.60. The lowest BCUT2D eigenvalue weighted by Crippen LogP contribution is -2.36. The highest BCUT2D eigenvalue weighted by molar-refractivity contribution is 5.76. The third-order valence-corrected chi connectivity index (χ3v) is 3.98. The van der Waals surface area contributed by atoms with Crippen LogP contribution in [0.3, 0.4) is 0 Å². The number of aromatic nitrogens is 1. The predicted octanol–water partition coefficient (Wildman–Crippen LogP) is 2.80. The number of hydrogen-bond acceptors (Lipinski definition) is 4. The van der Waals surface area contributed by atoms with Crippen molar-refractivity contribution in [2.75, 3.05) is 25.0 Å². The molecule has 2 aromatic rings. The molecule has 1 saturated heterocycles. The van der Waals surface area contributed by atoms with Crippen molar-refractivity contribution in [1.29, 1.82) is 0 Å². The lowest BCUT2D eigenvalue weighted by atomic mass is 10.0. The molecule has 0 radical (unpaired) electrons. The molecular weight excluding hydrogens is 238 g/mol. The van der Waals surface area contributed by atoms with Crippen LogP contribution in [0, 0.1) is 0 Å². The van der Waals surface area contributed by atoms with Gasteiger partial charge in [0.05, 0.1) is 0 Å². The van der Waals surface area contributed by atoms with Crippen molar-refractivity contribution in [2.45, 2.75) is 31.7 Å². The third-order valence-electron chi connectivity index (χ3n) is 3.98. The van der Waals surface area contributed by atoms with E-state index in [0.717, 1.165) is 17.6 Å². The van der Waals surface area contributed by atoms with Gasteiger partial charge in [-0.1, -0.05) is 6.42 Å². The highest BCUT2D eigenvalue weighted by atomic mass is 16.3. The Morgan fingerprint density at radius 3 is 3.21 bits per heavy atom. The molecule has 1 aromatic carbocycles. The highest BCUT2D eigenvalue weighted by Gasteiger charge is 2.13. The Morgan fingerprint density at radius 2 is 2.37 bits per heavy atom. The number of oxazole rings is 1. The fraction of sp³-hybridized carbons (Fsp3) is 0.533. The van der Waals surface area contributed by atoms with Crippen LogP contribution in [0.4, 0.5) is 5.69 Å². The Kier molecular flexibility index (Phi) is 3.69. The van der Waals surface area contributed by atoms with Crippen LogP contribution in [0.5, 0.6) is 0 Å². The average molecular weight is 259 g/mol. The van der Waals surface area contributed by atoms with Crippen molar-refractivity contribution in [3.05, 3.63) is 24.6 Å². The van der Waals surface area contributed by atoms with Gasteiger partial charge in [0.25, 0.3) is 0 Å². The monoisotopic (exact) mass is 259 g/mol. The van der Waals surface area contributed by atoms with Gasteiger partial charge in [-0.3, -0.25) is 0 Å². The number of benzene rings is 1. The van der Waals surface area contributed by atoms with Crippen LogP contribution in [-0.4, -0.2) is 31.2 Å². The number of rotatable bonds is 4. The van der Waals surface area contributed by atoms with E-state index in [1.807, 2.05) is 6.07 Å². The first kappa shape index (κ1) is 12.5. The van der Waals surface area contributed by atoms with Gasteiger partial charge in [0, 0.05) is 31.4 Å². The molecule has 0 bridgehead atoms. The average Bonchev–Trinajstić information content (AvgIpc) is 2.93. The summed E-state index contributed by atoms with van der Waals surface area (Å²) in [5.41, 5.74) is 2.98. The first-order chi connectivity index (χ1) is 9.33. The molecule has 1 fully saturated rings. The number of piperidine rings is 1. The number of nitrogens with zero attached hydrogens (tertiary/aromatic N) is 2. The first-order valence-electron chi connectivity index (χ1n) is 7.11. The van der Waals surface area contributed by atoms with Crippen molar-refractivity contribution in [2.24, 2.45) is 0 Å². The van der Waals surface area contributed by atoms with Gasteiger partial charge in [0.1, 0.15) is 5.52 Å². The molecule has 1 aromatic heterocycles. The van der Waals surface area contributed by atoms with Crippen LogP contribution in [0.1, 0.15) is 25.7 Å². The molecule has 1 unspecified atom stereocenters. The fourth-order valence-electron chi connectivity index (χ4n) is 2.73. The summed E-state index contributed by atoms with van der Waals surface area (Å²) in [7, 11) is 2.14. The van der Waals surface area contributed by atoms with Crippen LogP contribution in [-0.2, 0) is 0 Å². The summed E-state index contributed by atoms with van der Waals surface area (Å²) in [5.74, 6) is 0. The first-order valence-corrected chi connectivity index (χ1v) is 7.11. The van der Waals surface area contributed by atoms with Crippen LogP contribution in [0.25, 0.3) is 11.1 Å². The summed E-state index contributed by atoms with van der Waals surface area (Å²) >= 11 is 0. The molecule has 0 aliphatic carbocycles. The molecular formula is C15H21N3O. The Balaban J connectivity index is 1.60. The lowest BCUT2D eigenvalue weighted by molar-refractivity contribution is 0.384. The van der Waals surface area contributed by atoms with Gasteiger partial charge >= 0.3 is 0 Å². The van der Waals surface area contributed by atoms with E-state index in [-0.39, 0.29) is 0 Å². The van der Waals surface area contributed by atoms with Gasteiger partial charge in [0.2, 0.25) is 0 Å². The standard InChI is InChI=1S/C15H21N3O/c1-18(9-7-12-4-2-3-8-16-12)13-5-6-14-15(10-13)19-11-17-14/h5-6,10-12,16H,2-4,7-9H2,1H3. The minimum atomic E-state index is 0.685. The van der Waals surface area contributed by atoms with Crippen molar-refractivity contribution in [3.8, 4) is 0 Å². The Hall–Kier alpha value is -1.55. The molecule has 1 aliphatic rings. The van der Waals surface area contributed by atoms with Gasteiger partial charge in [-0.05, 0) is 37.9 Å². The zero-order chi connectivity index (χ0) is 13.1. The van der Waals surface area contributed by atoms with Crippen molar-refractivity contribution >= 4 is 16.8 Å². The second-order valence-electron chi connectivity index (χ2n) is 5.36. The maximum atomic E-state index is 5.35. The van der Waals surface area contributed by atoms with E-state index in [4.69, 9.17) is 4.42 Å². The largest absolute Gasteiger partial charge is 0.443 e. The second-order valence-corrected chi connectivity index (χ2v) is 5.36. The molecule has 3 rings (SSSR count). The minimum absolute atomic E-state index is 0.685.